The van der Waals surface area contributed by atoms with E-state index in [-0.39, 0.29) is 11.4 Å². The van der Waals surface area contributed by atoms with Crippen molar-refractivity contribution in [2.75, 3.05) is 0 Å². The van der Waals surface area contributed by atoms with Crippen LogP contribution < -0.4 is 0 Å². The van der Waals surface area contributed by atoms with E-state index in [1.807, 2.05) is 0 Å². The lowest BCUT2D eigenvalue weighted by Crippen LogP contribution is -1.94. The van der Waals surface area contributed by atoms with Crippen LogP contribution in [-0.4, -0.2) is 21.3 Å². The summed E-state index contributed by atoms with van der Waals surface area (Å²) >= 11 is 0. The van der Waals surface area contributed by atoms with Crippen LogP contribution in [-0.2, 0) is 0 Å². The zero-order valence-corrected chi connectivity index (χ0v) is 9.72. The molecule has 0 unspecified atom stereocenters. The number of carboxylic acid groups (broad SMARTS) is 1. The molecule has 2 aromatic carbocycles. The number of nitrogens with zero attached hydrogens (tertiary/aromatic N) is 1. The van der Waals surface area contributed by atoms with Crippen molar-refractivity contribution in [1.29, 1.82) is 0 Å². The second-order valence-corrected chi connectivity index (χ2v) is 4.15. The summed E-state index contributed by atoms with van der Waals surface area (Å²) in [7, 11) is 0. The summed E-state index contributed by atoms with van der Waals surface area (Å²) in [5.41, 5.74) is 2.03. The van der Waals surface area contributed by atoms with Gasteiger partial charge in [0.1, 0.15) is 11.5 Å². The summed E-state index contributed by atoms with van der Waals surface area (Å²) in [4.78, 5) is 11.0. The lowest BCUT2D eigenvalue weighted by Gasteiger charge is -1.99. The fraction of sp³-hybridized carbons (Fsp3) is 0. The van der Waals surface area contributed by atoms with Gasteiger partial charge in [-0.15, -0.1) is 0 Å². The van der Waals surface area contributed by atoms with E-state index >= 15 is 0 Å². The number of aromatic carboxylic acids is 1. The normalized spacial score (nSPS) is 10.8. The van der Waals surface area contributed by atoms with Crippen molar-refractivity contribution in [3.05, 3.63) is 53.8 Å². The summed E-state index contributed by atoms with van der Waals surface area (Å²) in [5, 5.41) is 16.6. The highest BCUT2D eigenvalue weighted by molar-refractivity contribution is 5.98. The third kappa shape index (κ3) is 1.95. The highest BCUT2D eigenvalue weighted by Crippen LogP contribution is 2.27. The minimum atomic E-state index is -1.01. The lowest BCUT2D eigenvalue weighted by molar-refractivity contribution is 0.0697. The number of H-pyrrole nitrogens is 1. The maximum absolute atomic E-state index is 13.2. The van der Waals surface area contributed by atoms with Gasteiger partial charge >= 0.3 is 5.97 Å². The standard InChI is InChI=1S/C14H9FN2O2/c15-10-3-1-2-8(6-10)13-11-7-9(14(18)19)4-5-12(11)16-17-13/h1-7H,(H,16,17)(H,18,19). The molecule has 5 heteroatoms. The van der Waals surface area contributed by atoms with Crippen molar-refractivity contribution in [3.63, 3.8) is 0 Å². The van der Waals surface area contributed by atoms with Crippen LogP contribution in [0.25, 0.3) is 22.2 Å². The maximum atomic E-state index is 13.2. The minimum Gasteiger partial charge on any atom is -0.478 e. The molecule has 3 aromatic rings. The predicted molar refractivity (Wildman–Crippen MR) is 68.4 cm³/mol. The molecule has 0 aliphatic heterocycles. The molecule has 0 fully saturated rings. The molecule has 19 heavy (non-hydrogen) atoms. The fourth-order valence-electron chi connectivity index (χ4n) is 2.00. The number of fused-ring (bicyclic) bond motifs is 1. The van der Waals surface area contributed by atoms with E-state index in [1.54, 1.807) is 18.2 Å². The van der Waals surface area contributed by atoms with Gasteiger partial charge in [-0.2, -0.15) is 5.10 Å². The maximum Gasteiger partial charge on any atom is 0.335 e. The molecule has 0 aliphatic rings. The average Bonchev–Trinajstić information content (AvgIpc) is 2.81. The largest absolute Gasteiger partial charge is 0.478 e. The summed E-state index contributed by atoms with van der Waals surface area (Å²) in [6, 6.07) is 10.7. The van der Waals surface area contributed by atoms with Gasteiger partial charge in [0, 0.05) is 10.9 Å². The number of carboxylic acids is 1. The Hall–Kier alpha value is -2.69. The molecule has 94 valence electrons. The van der Waals surface area contributed by atoms with Gasteiger partial charge in [-0.05, 0) is 30.3 Å². The van der Waals surface area contributed by atoms with E-state index in [0.717, 1.165) is 0 Å². The Bertz CT molecular complexity index is 780. The molecule has 3 rings (SSSR count). The number of aromatic nitrogens is 2. The van der Waals surface area contributed by atoms with Crippen LogP contribution in [0.4, 0.5) is 4.39 Å². The van der Waals surface area contributed by atoms with E-state index in [2.05, 4.69) is 10.2 Å². The van der Waals surface area contributed by atoms with E-state index in [9.17, 15) is 9.18 Å². The molecular formula is C14H9FN2O2. The topological polar surface area (TPSA) is 66.0 Å². The first kappa shape index (κ1) is 11.4. The molecule has 0 spiro atoms. The highest BCUT2D eigenvalue weighted by atomic mass is 19.1. The second kappa shape index (κ2) is 4.20. The molecule has 0 aliphatic carbocycles. The van der Waals surface area contributed by atoms with Gasteiger partial charge in [0.05, 0.1) is 11.1 Å². The van der Waals surface area contributed by atoms with Crippen molar-refractivity contribution in [3.8, 4) is 11.3 Å². The van der Waals surface area contributed by atoms with E-state index in [0.29, 0.717) is 22.2 Å². The second-order valence-electron chi connectivity index (χ2n) is 4.15. The molecule has 0 atom stereocenters. The van der Waals surface area contributed by atoms with Gasteiger partial charge in [0.2, 0.25) is 0 Å². The summed E-state index contributed by atoms with van der Waals surface area (Å²) in [5.74, 6) is -1.36. The smallest absolute Gasteiger partial charge is 0.335 e. The van der Waals surface area contributed by atoms with E-state index < -0.39 is 5.97 Å². The van der Waals surface area contributed by atoms with Gasteiger partial charge in [-0.3, -0.25) is 5.10 Å². The average molecular weight is 256 g/mol. The van der Waals surface area contributed by atoms with Gasteiger partial charge in [0.25, 0.3) is 0 Å². The number of hydrogen-bond acceptors (Lipinski definition) is 2. The molecule has 0 saturated heterocycles. The molecule has 0 bridgehead atoms. The molecule has 2 N–H and O–H groups in total. The molecule has 0 saturated carbocycles. The zero-order chi connectivity index (χ0) is 13.4. The molecule has 0 amide bonds. The number of benzene rings is 2. The number of halogens is 1. The third-order valence-electron chi connectivity index (χ3n) is 2.91. The monoisotopic (exact) mass is 256 g/mol. The van der Waals surface area contributed by atoms with Crippen molar-refractivity contribution < 1.29 is 14.3 Å². The highest BCUT2D eigenvalue weighted by Gasteiger charge is 2.11. The molecule has 4 nitrogen and oxygen atoms in total. The first-order valence-corrected chi connectivity index (χ1v) is 5.62. The van der Waals surface area contributed by atoms with Crippen LogP contribution in [0.2, 0.25) is 0 Å². The number of hydrogen-bond donors (Lipinski definition) is 2. The van der Waals surface area contributed by atoms with Crippen LogP contribution in [0.15, 0.2) is 42.5 Å². The molecule has 1 aromatic heterocycles. The van der Waals surface area contributed by atoms with Gasteiger partial charge in [-0.25, -0.2) is 9.18 Å². The van der Waals surface area contributed by atoms with Crippen molar-refractivity contribution >= 4 is 16.9 Å². The van der Waals surface area contributed by atoms with Crippen molar-refractivity contribution in [2.24, 2.45) is 0 Å². The Kier molecular flexibility index (Phi) is 2.52. The Morgan fingerprint density at radius 1 is 1.21 bits per heavy atom. The summed E-state index contributed by atoms with van der Waals surface area (Å²) in [6.07, 6.45) is 0. The number of carbonyl (C=O) groups is 1. The van der Waals surface area contributed by atoms with Crippen LogP contribution >= 0.6 is 0 Å². The Morgan fingerprint density at radius 2 is 2.05 bits per heavy atom. The SMILES string of the molecule is O=C(O)c1ccc2[nH]nc(-c3cccc(F)c3)c2c1. The third-order valence-corrected chi connectivity index (χ3v) is 2.91. The number of nitrogens with one attached hydrogen (secondary N) is 1. The van der Waals surface area contributed by atoms with Crippen LogP contribution in [0.5, 0.6) is 0 Å². The Balaban J connectivity index is 2.24. The summed E-state index contributed by atoms with van der Waals surface area (Å²) in [6.45, 7) is 0. The van der Waals surface area contributed by atoms with Crippen molar-refractivity contribution in [2.45, 2.75) is 0 Å². The molecule has 0 radical (unpaired) electrons. The molecule has 1 heterocycles. The van der Waals surface area contributed by atoms with E-state index in [4.69, 9.17) is 5.11 Å². The predicted octanol–water partition coefficient (Wildman–Crippen LogP) is 3.07. The Labute approximate surface area is 107 Å². The van der Waals surface area contributed by atoms with Gasteiger partial charge in [0.15, 0.2) is 0 Å². The van der Waals surface area contributed by atoms with Gasteiger partial charge in [-0.1, -0.05) is 12.1 Å². The zero-order valence-electron chi connectivity index (χ0n) is 9.72. The first-order chi connectivity index (χ1) is 9.15. The van der Waals surface area contributed by atoms with Crippen molar-refractivity contribution in [1.82, 2.24) is 10.2 Å². The fourth-order valence-corrected chi connectivity index (χ4v) is 2.00. The number of aromatic amines is 1. The Morgan fingerprint density at radius 3 is 2.79 bits per heavy atom. The van der Waals surface area contributed by atoms with Crippen LogP contribution in [0.1, 0.15) is 10.4 Å². The lowest BCUT2D eigenvalue weighted by atomic mass is 10.1. The van der Waals surface area contributed by atoms with E-state index in [1.165, 1.54) is 24.3 Å². The van der Waals surface area contributed by atoms with Gasteiger partial charge < -0.3 is 5.11 Å². The van der Waals surface area contributed by atoms with Crippen LogP contribution in [0, 0.1) is 5.82 Å². The van der Waals surface area contributed by atoms with Crippen LogP contribution in [0.3, 0.4) is 0 Å². The summed E-state index contributed by atoms with van der Waals surface area (Å²) < 4.78 is 13.2. The number of rotatable bonds is 2. The minimum absolute atomic E-state index is 0.173. The molecular weight excluding hydrogens is 247 g/mol. The quantitative estimate of drug-likeness (QED) is 0.740. The first-order valence-electron chi connectivity index (χ1n) is 5.62.